The van der Waals surface area contributed by atoms with Gasteiger partial charge in [0.1, 0.15) is 23.3 Å². The lowest BCUT2D eigenvalue weighted by Crippen LogP contribution is -2.46. The minimum Gasteiger partial charge on any atom is -0.352 e. The van der Waals surface area contributed by atoms with Gasteiger partial charge in [0.15, 0.2) is 0 Å². The minimum absolute atomic E-state index is 0.0128. The van der Waals surface area contributed by atoms with Gasteiger partial charge in [0.05, 0.1) is 57.2 Å². The van der Waals surface area contributed by atoms with Gasteiger partial charge in [-0.05, 0) is 166 Å². The second-order valence-corrected chi connectivity index (χ2v) is 20.4. The van der Waals surface area contributed by atoms with Crippen molar-refractivity contribution in [3.05, 3.63) is 95.6 Å². The molecule has 0 unspecified atom stereocenters. The smallest absolute Gasteiger partial charge is 0.251 e. The maximum absolute atomic E-state index is 12.8. The molecule has 5 heterocycles. The Kier molecular flexibility index (Phi) is 17.8. The molecular weight excluding hydrogens is 961 g/mol. The highest BCUT2D eigenvalue weighted by atomic mass is 16.2. The molecule has 1 aliphatic rings. The predicted octanol–water partition coefficient (Wildman–Crippen LogP) is 5.78. The van der Waals surface area contributed by atoms with E-state index in [1.54, 1.807) is 12.1 Å². The van der Waals surface area contributed by atoms with Crippen molar-refractivity contribution in [2.45, 2.75) is 64.5 Å². The summed E-state index contributed by atoms with van der Waals surface area (Å²) in [4.78, 5) is 92.5. The Hall–Kier alpha value is -7.52. The Morgan fingerprint density at radius 3 is 1.29 bits per heavy atom. The van der Waals surface area contributed by atoms with E-state index in [0.717, 1.165) is 146 Å². The number of carbonyl (C=O) groups is 4. The van der Waals surface area contributed by atoms with E-state index < -0.39 is 0 Å². The number of hydrogen-bond acceptors (Lipinski definition) is 12. The summed E-state index contributed by atoms with van der Waals surface area (Å²) in [6, 6.07) is 22.8. The summed E-state index contributed by atoms with van der Waals surface area (Å²) in [5.41, 5.74) is 9.40. The first-order chi connectivity index (χ1) is 36.9. The molecule has 0 saturated carbocycles. The molecule has 4 aromatic heterocycles. The molecule has 0 radical (unpaired) electrons. The van der Waals surface area contributed by atoms with Crippen LogP contribution in [-0.4, -0.2) is 177 Å². The van der Waals surface area contributed by atoms with Crippen LogP contribution >= 0.6 is 0 Å². The molecule has 0 bridgehead atoms. The summed E-state index contributed by atoms with van der Waals surface area (Å²) >= 11 is 0. The van der Waals surface area contributed by atoms with Crippen molar-refractivity contribution in [2.24, 2.45) is 0 Å². The third-order valence-electron chi connectivity index (χ3n) is 13.9. The van der Waals surface area contributed by atoms with Crippen LogP contribution in [0, 0.1) is 0 Å². The number of aromatic nitrogens is 8. The number of rotatable bonds is 26. The van der Waals surface area contributed by atoms with Gasteiger partial charge in [0, 0.05) is 74.4 Å². The number of nitrogens with zero attached hydrogens (tertiary/aromatic N) is 8. The molecule has 4 amide bonds. The zero-order chi connectivity index (χ0) is 53.0. The Balaban J connectivity index is 0.621. The Morgan fingerprint density at radius 2 is 0.868 bits per heavy atom. The number of benzene rings is 4. The van der Waals surface area contributed by atoms with E-state index in [9.17, 15) is 19.2 Å². The van der Waals surface area contributed by atoms with Gasteiger partial charge < -0.3 is 60.8 Å². The zero-order valence-corrected chi connectivity index (χ0v) is 44.3. The highest BCUT2D eigenvalue weighted by Gasteiger charge is 2.18. The first-order valence-electron chi connectivity index (χ1n) is 26.7. The molecule has 400 valence electrons. The fraction of sp³-hybridized carbons (Fsp3) is 0.429. The second kappa shape index (κ2) is 25.3. The molecule has 20 nitrogen and oxygen atoms in total. The average molecular weight is 1030 g/mol. The fourth-order valence-corrected chi connectivity index (χ4v) is 9.58. The van der Waals surface area contributed by atoms with E-state index in [-0.39, 0.29) is 23.6 Å². The van der Waals surface area contributed by atoms with Gasteiger partial charge in [0.2, 0.25) is 11.8 Å². The first-order valence-corrected chi connectivity index (χ1v) is 26.7. The van der Waals surface area contributed by atoms with Gasteiger partial charge in [-0.3, -0.25) is 19.2 Å². The van der Waals surface area contributed by atoms with Crippen molar-refractivity contribution in [2.75, 3.05) is 93.6 Å². The van der Waals surface area contributed by atoms with Crippen LogP contribution in [0.4, 0.5) is 0 Å². The maximum atomic E-state index is 12.8. The number of unbranched alkanes of at least 4 members (excludes halogenated alkanes) is 2. The highest BCUT2D eigenvalue weighted by Crippen LogP contribution is 2.27. The molecule has 0 spiro atoms. The Labute approximate surface area is 442 Å². The second-order valence-electron chi connectivity index (χ2n) is 20.4. The Bertz CT molecular complexity index is 3050. The number of nitrogens with one attached hydrogen (secondary N) is 8. The zero-order valence-electron chi connectivity index (χ0n) is 44.3. The van der Waals surface area contributed by atoms with Crippen LogP contribution in [0.2, 0.25) is 0 Å². The fourth-order valence-electron chi connectivity index (χ4n) is 9.58. The number of piperazine rings is 1. The van der Waals surface area contributed by atoms with Crippen molar-refractivity contribution in [1.29, 1.82) is 0 Å². The summed E-state index contributed by atoms with van der Waals surface area (Å²) in [7, 11) is 8.07. The molecule has 1 saturated heterocycles. The van der Waals surface area contributed by atoms with Crippen LogP contribution in [0.5, 0.6) is 0 Å². The summed E-state index contributed by atoms with van der Waals surface area (Å²) in [5.74, 6) is 2.60. The van der Waals surface area contributed by atoms with Crippen molar-refractivity contribution in [3.8, 4) is 22.8 Å². The van der Waals surface area contributed by atoms with E-state index in [4.69, 9.17) is 9.97 Å². The van der Waals surface area contributed by atoms with Crippen LogP contribution in [-0.2, 0) is 22.7 Å². The standard InChI is InChI=1S/C56H72N16O4/c1-69(2)23-9-21-57-55(75)39-15-19-43-47(33-39)67-53(65-43)37-13-17-41-45(31-37)63-49(61-41)35-59-51(73)11-5-7-25-71-27-29-72(30-28-71)26-8-6-12-52(74)60-36-50-62-42-18-14-38(32-46(42)64-50)54-66-44-20-16-40(34-48(44)68-54)56(76)58-22-10-24-70(3)4/h13-20,31-34H,5-12,21-30,35-36H2,1-4H3,(H,57,75)(H,58,76)(H,59,73)(H,60,74)(H,61,63)(H,62,64)(H,65,67)(H,66,68). The van der Waals surface area contributed by atoms with Crippen LogP contribution in [0.1, 0.15) is 83.7 Å². The average Bonchev–Trinajstić information content (AvgIpc) is 4.24. The lowest BCUT2D eigenvalue weighted by molar-refractivity contribution is -0.122. The van der Waals surface area contributed by atoms with E-state index >= 15 is 0 Å². The molecule has 76 heavy (non-hydrogen) atoms. The van der Waals surface area contributed by atoms with Crippen LogP contribution in [0.15, 0.2) is 72.8 Å². The van der Waals surface area contributed by atoms with E-state index in [1.807, 2.05) is 88.9 Å². The number of hydrogen-bond donors (Lipinski definition) is 8. The molecule has 8 N–H and O–H groups in total. The summed E-state index contributed by atoms with van der Waals surface area (Å²) < 4.78 is 0. The van der Waals surface area contributed by atoms with Gasteiger partial charge in [-0.15, -0.1) is 0 Å². The summed E-state index contributed by atoms with van der Waals surface area (Å²) in [6.07, 6.45) is 6.27. The van der Waals surface area contributed by atoms with Gasteiger partial charge in [-0.25, -0.2) is 19.9 Å². The van der Waals surface area contributed by atoms with Crippen LogP contribution < -0.4 is 21.3 Å². The molecule has 0 aliphatic carbocycles. The van der Waals surface area contributed by atoms with Crippen LogP contribution in [0.25, 0.3) is 66.9 Å². The van der Waals surface area contributed by atoms with Crippen molar-refractivity contribution >= 4 is 67.8 Å². The molecular formula is C56H72N16O4. The molecule has 1 aliphatic heterocycles. The first kappa shape index (κ1) is 53.3. The number of carbonyl (C=O) groups excluding carboxylic acids is 4. The topological polar surface area (TPSA) is 244 Å². The highest BCUT2D eigenvalue weighted by molar-refractivity contribution is 5.99. The summed E-state index contributed by atoms with van der Waals surface area (Å²) in [6.45, 7) is 9.66. The maximum Gasteiger partial charge on any atom is 0.251 e. The van der Waals surface area contributed by atoms with E-state index in [1.165, 1.54) is 0 Å². The van der Waals surface area contributed by atoms with Gasteiger partial charge in [0.25, 0.3) is 11.8 Å². The monoisotopic (exact) mass is 1030 g/mol. The molecule has 8 aromatic rings. The molecule has 1 fully saturated rings. The minimum atomic E-state index is -0.102. The van der Waals surface area contributed by atoms with Gasteiger partial charge >= 0.3 is 0 Å². The van der Waals surface area contributed by atoms with Crippen LogP contribution in [0.3, 0.4) is 0 Å². The van der Waals surface area contributed by atoms with Gasteiger partial charge in [-0.2, -0.15) is 0 Å². The lowest BCUT2D eigenvalue weighted by atomic mass is 10.2. The SMILES string of the molecule is CN(C)CCCNC(=O)c1ccc2nc(-c3ccc4nc(CNC(=O)CCCCN5CCN(CCCCC(=O)NCc6nc7ccc(-c8nc9ccc(C(=O)NCCCN(C)C)cc9[nH]8)cc7[nH]6)CC5)[nH]c4c3)[nH]c2c1. The molecule has 0 atom stereocenters. The van der Waals surface area contributed by atoms with Crippen molar-refractivity contribution < 1.29 is 19.2 Å². The number of H-pyrrole nitrogens is 4. The van der Waals surface area contributed by atoms with Crippen molar-refractivity contribution in [3.63, 3.8) is 0 Å². The number of amides is 4. The molecule has 4 aromatic carbocycles. The quantitative estimate of drug-likeness (QED) is 0.0301. The number of aromatic amines is 4. The van der Waals surface area contributed by atoms with Gasteiger partial charge in [-0.1, -0.05) is 0 Å². The molecule has 20 heteroatoms. The number of fused-ring (bicyclic) bond motifs is 4. The Morgan fingerprint density at radius 1 is 0.474 bits per heavy atom. The van der Waals surface area contributed by atoms with Crippen molar-refractivity contribution in [1.82, 2.24) is 80.7 Å². The largest absolute Gasteiger partial charge is 0.352 e. The normalized spacial score (nSPS) is 13.4. The van der Waals surface area contributed by atoms with E-state index in [2.05, 4.69) is 70.8 Å². The molecule has 9 rings (SSSR count). The predicted molar refractivity (Wildman–Crippen MR) is 298 cm³/mol. The lowest BCUT2D eigenvalue weighted by Gasteiger charge is -2.34. The third-order valence-corrected chi connectivity index (χ3v) is 13.9. The summed E-state index contributed by atoms with van der Waals surface area (Å²) in [5, 5.41) is 12.0. The van der Waals surface area contributed by atoms with E-state index in [0.29, 0.717) is 73.4 Å². The number of imidazole rings is 4. The third kappa shape index (κ3) is 14.4.